The molecule has 6 aliphatic rings. The van der Waals surface area contributed by atoms with Crippen LogP contribution in [0.4, 0.5) is 24.5 Å². The molecule has 6 aliphatic heterocycles. The monoisotopic (exact) mass is 924 g/mol. The number of nitrogens with one attached hydrogen (secondary N) is 2. The molecule has 2 aromatic carbocycles. The first-order chi connectivity index (χ1) is 32.2. The van der Waals surface area contributed by atoms with Gasteiger partial charge in [-0.15, -0.1) is 0 Å². The number of benzene rings is 2. The number of halogens is 3. The number of hydrogen-bond donors (Lipinski definition) is 2. The second kappa shape index (κ2) is 17.3. The van der Waals surface area contributed by atoms with Crippen LogP contribution in [0.5, 0.6) is 5.75 Å². The number of rotatable bonds is 10. The lowest BCUT2D eigenvalue weighted by atomic mass is 9.71. The smallest absolute Gasteiger partial charge is 0.433 e. The molecule has 8 heterocycles. The zero-order valence-electron chi connectivity index (χ0n) is 37.0. The molecule has 0 saturated carbocycles. The van der Waals surface area contributed by atoms with E-state index in [0.29, 0.717) is 73.9 Å². The number of pyridine rings is 1. The summed E-state index contributed by atoms with van der Waals surface area (Å²) in [5.41, 5.74) is 0.768. The lowest BCUT2D eigenvalue weighted by molar-refractivity contribution is -0.141. The van der Waals surface area contributed by atoms with Crippen molar-refractivity contribution < 1.29 is 46.7 Å². The summed E-state index contributed by atoms with van der Waals surface area (Å²) in [4.78, 5) is 91.7. The fourth-order valence-corrected chi connectivity index (χ4v) is 11.2. The molecule has 5 fully saturated rings. The van der Waals surface area contributed by atoms with Crippen LogP contribution in [0.3, 0.4) is 0 Å². The summed E-state index contributed by atoms with van der Waals surface area (Å²) in [6, 6.07) is 11.4. The SMILES string of the molecule is COc1cc2nn(CCN3C4CCC3CN(CC(=O)N3CCC5(CC3)CCN(c3cccc6c3C(=O)N(C3CCC(=O)NC3=O)C6=O)CC5)C4)cc2cc1NC(=O)c1cccc(C(F)(F)F)n1. The molecule has 10 rings (SSSR count). The van der Waals surface area contributed by atoms with Crippen molar-refractivity contribution in [3.05, 3.63) is 77.2 Å². The first kappa shape index (κ1) is 44.4. The van der Waals surface area contributed by atoms with Crippen LogP contribution in [0.2, 0.25) is 0 Å². The van der Waals surface area contributed by atoms with Gasteiger partial charge in [0.1, 0.15) is 23.2 Å². The van der Waals surface area contributed by atoms with Gasteiger partial charge >= 0.3 is 6.18 Å². The van der Waals surface area contributed by atoms with Gasteiger partial charge in [0.2, 0.25) is 17.7 Å². The standard InChI is InChI=1S/C47H51F3N10O7/c1-67-37-23-33-28(22-34(37)52-42(63)32-5-3-7-38(51-32)47(48,49)50)24-58(54-33)20-21-59-29-8-9-30(59)26-55(25-29)27-40(62)57-18-14-46(15-19-57)12-16-56(17-13-46)35-6-2-4-31-41(35)45(66)60(44(31)65)36-10-11-39(61)53-43(36)64/h2-7,22-24,29-30,36H,8-21,25-27H2,1H3,(H,52,63)(H,53,61,64). The van der Waals surface area contributed by atoms with Crippen LogP contribution >= 0.6 is 0 Å². The summed E-state index contributed by atoms with van der Waals surface area (Å²) in [6.07, 6.45) is 3.06. The van der Waals surface area contributed by atoms with Gasteiger partial charge in [-0.3, -0.25) is 53.5 Å². The molecule has 6 amide bonds. The molecule has 3 unspecified atom stereocenters. The first-order valence-corrected chi connectivity index (χ1v) is 22.9. The molecule has 2 bridgehead atoms. The van der Waals surface area contributed by atoms with Crippen LogP contribution in [-0.4, -0.2) is 147 Å². The topological polar surface area (TPSA) is 183 Å². The van der Waals surface area contributed by atoms with E-state index in [2.05, 4.69) is 30.3 Å². The van der Waals surface area contributed by atoms with Crippen molar-refractivity contribution in [2.24, 2.45) is 5.41 Å². The van der Waals surface area contributed by atoms with Crippen molar-refractivity contribution in [1.82, 2.24) is 39.7 Å². The van der Waals surface area contributed by atoms with Gasteiger partial charge in [0.15, 0.2) is 0 Å². The lowest BCUT2D eigenvalue weighted by Gasteiger charge is -2.48. The molecule has 4 aromatic rings. The number of piperidine rings is 3. The van der Waals surface area contributed by atoms with Crippen LogP contribution in [0.25, 0.3) is 10.9 Å². The molecule has 17 nitrogen and oxygen atoms in total. The second-order valence-electron chi connectivity index (χ2n) is 18.7. The Kier molecular flexibility index (Phi) is 11.5. The molecular formula is C47H51F3N10O7. The van der Waals surface area contributed by atoms with E-state index in [1.54, 1.807) is 24.3 Å². The zero-order valence-corrected chi connectivity index (χ0v) is 37.0. The minimum absolute atomic E-state index is 0.0654. The fourth-order valence-electron chi connectivity index (χ4n) is 11.2. The Labute approximate surface area is 383 Å². The van der Waals surface area contributed by atoms with Crippen molar-refractivity contribution in [2.75, 3.05) is 69.7 Å². The number of amides is 6. The number of alkyl halides is 3. The van der Waals surface area contributed by atoms with Crippen molar-refractivity contribution in [3.8, 4) is 5.75 Å². The highest BCUT2D eigenvalue weighted by Gasteiger charge is 2.47. The summed E-state index contributed by atoms with van der Waals surface area (Å²) in [7, 11) is 1.44. The number of aromatic nitrogens is 3. The minimum Gasteiger partial charge on any atom is -0.494 e. The van der Waals surface area contributed by atoms with Crippen molar-refractivity contribution in [3.63, 3.8) is 0 Å². The van der Waals surface area contributed by atoms with E-state index >= 15 is 0 Å². The number of fused-ring (bicyclic) bond motifs is 4. The van der Waals surface area contributed by atoms with E-state index in [1.807, 2.05) is 21.8 Å². The van der Waals surface area contributed by atoms with Crippen molar-refractivity contribution in [1.29, 1.82) is 0 Å². The highest BCUT2D eigenvalue weighted by molar-refractivity contribution is 6.25. The molecule has 1 spiro atoms. The van der Waals surface area contributed by atoms with E-state index in [9.17, 15) is 41.9 Å². The molecule has 5 saturated heterocycles. The molecular weight excluding hydrogens is 874 g/mol. The predicted molar refractivity (Wildman–Crippen MR) is 236 cm³/mol. The summed E-state index contributed by atoms with van der Waals surface area (Å²) in [6.45, 7) is 6.19. The van der Waals surface area contributed by atoms with Gasteiger partial charge in [-0.05, 0) is 80.7 Å². The highest BCUT2D eigenvalue weighted by Crippen LogP contribution is 2.44. The normalized spacial score (nSPS) is 23.3. The van der Waals surface area contributed by atoms with Crippen LogP contribution in [0, 0.1) is 5.41 Å². The van der Waals surface area contributed by atoms with Gasteiger partial charge < -0.3 is 19.9 Å². The number of methoxy groups -OCH3 is 1. The molecule has 0 aliphatic carbocycles. The maximum absolute atomic E-state index is 13.7. The highest BCUT2D eigenvalue weighted by atomic mass is 19.4. The Morgan fingerprint density at radius 2 is 1.61 bits per heavy atom. The number of carbonyl (C=O) groups is 6. The molecule has 3 atom stereocenters. The third-order valence-corrected chi connectivity index (χ3v) is 14.8. The quantitative estimate of drug-likeness (QED) is 0.217. The average molecular weight is 925 g/mol. The summed E-state index contributed by atoms with van der Waals surface area (Å²) < 4.78 is 47.0. The number of carbonyl (C=O) groups excluding carboxylic acids is 6. The number of imide groups is 2. The van der Waals surface area contributed by atoms with E-state index in [4.69, 9.17) is 9.84 Å². The maximum Gasteiger partial charge on any atom is 0.433 e. The Morgan fingerprint density at radius 3 is 2.31 bits per heavy atom. The lowest BCUT2D eigenvalue weighted by Crippen LogP contribution is -2.57. The number of nitrogens with zero attached hydrogens (tertiary/aromatic N) is 8. The van der Waals surface area contributed by atoms with E-state index < -0.39 is 47.4 Å². The molecule has 2 aromatic heterocycles. The van der Waals surface area contributed by atoms with Gasteiger partial charge in [-0.2, -0.15) is 18.3 Å². The zero-order chi connectivity index (χ0) is 46.8. The number of anilines is 2. The number of ether oxygens (including phenoxy) is 1. The largest absolute Gasteiger partial charge is 0.494 e. The van der Waals surface area contributed by atoms with E-state index in [1.165, 1.54) is 13.2 Å². The molecule has 20 heteroatoms. The predicted octanol–water partition coefficient (Wildman–Crippen LogP) is 4.17. The number of hydrogen-bond acceptors (Lipinski definition) is 12. The molecule has 2 N–H and O–H groups in total. The molecule has 67 heavy (non-hydrogen) atoms. The summed E-state index contributed by atoms with van der Waals surface area (Å²) in [5, 5.41) is 10.4. The number of piperazine rings is 1. The van der Waals surface area contributed by atoms with Crippen LogP contribution in [0.1, 0.15) is 88.3 Å². The van der Waals surface area contributed by atoms with E-state index in [-0.39, 0.29) is 41.1 Å². The Bertz CT molecular complexity index is 2660. The van der Waals surface area contributed by atoms with Crippen molar-refractivity contribution >= 4 is 57.7 Å². The number of likely N-dealkylation sites (tertiary alicyclic amines) is 2. The van der Waals surface area contributed by atoms with Crippen molar-refractivity contribution in [2.45, 2.75) is 82.2 Å². The van der Waals surface area contributed by atoms with Gasteiger partial charge in [0, 0.05) is 82.0 Å². The molecule has 0 radical (unpaired) electrons. The average Bonchev–Trinajstić information content (AvgIpc) is 3.91. The second-order valence-corrected chi connectivity index (χ2v) is 18.7. The van der Waals surface area contributed by atoms with Crippen LogP contribution in [-0.2, 0) is 27.1 Å². The van der Waals surface area contributed by atoms with Crippen LogP contribution in [0.15, 0.2) is 54.7 Å². The Morgan fingerprint density at radius 1 is 0.896 bits per heavy atom. The Hall–Kier alpha value is -6.41. The third-order valence-electron chi connectivity index (χ3n) is 14.8. The van der Waals surface area contributed by atoms with Crippen LogP contribution < -0.4 is 20.3 Å². The summed E-state index contributed by atoms with van der Waals surface area (Å²) in [5.74, 6) is -2.39. The van der Waals surface area contributed by atoms with Gasteiger partial charge in [0.05, 0.1) is 48.2 Å². The first-order valence-electron chi connectivity index (χ1n) is 22.9. The van der Waals surface area contributed by atoms with Gasteiger partial charge in [0.25, 0.3) is 17.7 Å². The Balaban J connectivity index is 0.697. The van der Waals surface area contributed by atoms with E-state index in [0.717, 1.165) is 80.6 Å². The third kappa shape index (κ3) is 8.49. The fraction of sp³-hybridized carbons (Fsp3) is 0.489. The summed E-state index contributed by atoms with van der Waals surface area (Å²) >= 11 is 0. The van der Waals surface area contributed by atoms with Gasteiger partial charge in [-0.25, -0.2) is 4.98 Å². The maximum atomic E-state index is 13.7. The molecule has 352 valence electrons. The minimum atomic E-state index is -4.69. The van der Waals surface area contributed by atoms with Gasteiger partial charge in [-0.1, -0.05) is 12.1 Å².